The number of benzene rings is 1. The molecule has 1 fully saturated rings. The summed E-state index contributed by atoms with van der Waals surface area (Å²) in [7, 11) is 1.80. The highest BCUT2D eigenvalue weighted by atomic mass is 16.2. The quantitative estimate of drug-likeness (QED) is 0.766. The van der Waals surface area contributed by atoms with E-state index in [2.05, 4.69) is 25.6 Å². The van der Waals surface area contributed by atoms with Gasteiger partial charge in [-0.05, 0) is 12.5 Å². The third-order valence-electron chi connectivity index (χ3n) is 4.58. The molecule has 0 radical (unpaired) electrons. The number of carbonyl (C=O) groups excluding carboxylic acids is 1. The SMILES string of the molecule is C[C@@H](NC(=O)C1CN(c2ncnc3c2nnn3C)C1)c1ccccc1. The number of fused-ring (bicyclic) bond motifs is 1. The second kappa shape index (κ2) is 6.12. The molecular formula is C17H19N7O. The highest BCUT2D eigenvalue weighted by Gasteiger charge is 2.35. The van der Waals surface area contributed by atoms with Gasteiger partial charge in [0, 0.05) is 20.1 Å². The van der Waals surface area contributed by atoms with Crippen LogP contribution in [0.1, 0.15) is 18.5 Å². The van der Waals surface area contributed by atoms with Gasteiger partial charge in [0.25, 0.3) is 0 Å². The third-order valence-corrected chi connectivity index (χ3v) is 4.58. The summed E-state index contributed by atoms with van der Waals surface area (Å²) in [5.74, 6) is 0.753. The van der Waals surface area contributed by atoms with Gasteiger partial charge in [-0.2, -0.15) is 0 Å². The van der Waals surface area contributed by atoms with E-state index in [4.69, 9.17) is 0 Å². The molecule has 1 aliphatic rings. The number of carbonyl (C=O) groups is 1. The molecule has 0 bridgehead atoms. The monoisotopic (exact) mass is 337 g/mol. The van der Waals surface area contributed by atoms with Crippen molar-refractivity contribution < 1.29 is 4.79 Å². The minimum absolute atomic E-state index is 0.00602. The molecule has 1 amide bonds. The fourth-order valence-electron chi connectivity index (χ4n) is 3.05. The summed E-state index contributed by atoms with van der Waals surface area (Å²) >= 11 is 0. The van der Waals surface area contributed by atoms with E-state index >= 15 is 0 Å². The normalized spacial score (nSPS) is 15.8. The van der Waals surface area contributed by atoms with Crippen LogP contribution in [0, 0.1) is 5.92 Å². The van der Waals surface area contributed by atoms with Gasteiger partial charge in [0.2, 0.25) is 5.91 Å². The first kappa shape index (κ1) is 15.5. The van der Waals surface area contributed by atoms with E-state index in [9.17, 15) is 4.79 Å². The molecule has 2 aromatic heterocycles. The number of rotatable bonds is 4. The molecule has 0 spiro atoms. The Morgan fingerprint density at radius 1 is 1.24 bits per heavy atom. The lowest BCUT2D eigenvalue weighted by Gasteiger charge is -2.39. The lowest BCUT2D eigenvalue weighted by molar-refractivity contribution is -0.126. The van der Waals surface area contributed by atoms with Gasteiger partial charge in [0.15, 0.2) is 17.0 Å². The van der Waals surface area contributed by atoms with Crippen LogP contribution in [-0.2, 0) is 11.8 Å². The number of aromatic nitrogens is 5. The first-order valence-electron chi connectivity index (χ1n) is 8.24. The molecule has 1 aliphatic heterocycles. The molecule has 1 atom stereocenters. The second-order valence-electron chi connectivity index (χ2n) is 6.33. The highest BCUT2D eigenvalue weighted by Crippen LogP contribution is 2.27. The van der Waals surface area contributed by atoms with Crippen molar-refractivity contribution >= 4 is 22.9 Å². The van der Waals surface area contributed by atoms with Gasteiger partial charge in [-0.25, -0.2) is 14.6 Å². The minimum Gasteiger partial charge on any atom is -0.353 e. The molecular weight excluding hydrogens is 318 g/mol. The predicted octanol–water partition coefficient (Wildman–Crippen LogP) is 1.07. The topological polar surface area (TPSA) is 88.8 Å². The maximum atomic E-state index is 12.5. The van der Waals surface area contributed by atoms with Crippen LogP contribution in [0.5, 0.6) is 0 Å². The zero-order valence-electron chi connectivity index (χ0n) is 14.1. The first-order chi connectivity index (χ1) is 12.1. The average molecular weight is 337 g/mol. The summed E-state index contributed by atoms with van der Waals surface area (Å²) in [4.78, 5) is 23.0. The van der Waals surface area contributed by atoms with E-state index in [0.717, 1.165) is 11.4 Å². The standard InChI is InChI=1S/C17H19N7O/c1-11(12-6-4-3-5-7-12)20-17(25)13-8-24(9-13)16-14-15(18-10-19-16)23(2)22-21-14/h3-7,10-11,13H,8-9H2,1-2H3,(H,20,25)/t11-/m1/s1. The fourth-order valence-corrected chi connectivity index (χ4v) is 3.05. The number of hydrogen-bond acceptors (Lipinski definition) is 6. The maximum absolute atomic E-state index is 12.5. The molecule has 8 heteroatoms. The summed E-state index contributed by atoms with van der Waals surface area (Å²) < 4.78 is 1.62. The number of nitrogens with one attached hydrogen (secondary N) is 1. The van der Waals surface area contributed by atoms with Crippen LogP contribution in [0.15, 0.2) is 36.7 Å². The van der Waals surface area contributed by atoms with Gasteiger partial charge >= 0.3 is 0 Å². The maximum Gasteiger partial charge on any atom is 0.227 e. The van der Waals surface area contributed by atoms with Crippen molar-refractivity contribution in [2.75, 3.05) is 18.0 Å². The molecule has 1 aromatic carbocycles. The van der Waals surface area contributed by atoms with Gasteiger partial charge in [0.1, 0.15) is 6.33 Å². The zero-order chi connectivity index (χ0) is 17.4. The lowest BCUT2D eigenvalue weighted by atomic mass is 9.98. The molecule has 4 rings (SSSR count). The first-order valence-corrected chi connectivity index (χ1v) is 8.24. The van der Waals surface area contributed by atoms with E-state index < -0.39 is 0 Å². The molecule has 0 saturated carbocycles. The average Bonchev–Trinajstić information content (AvgIpc) is 2.96. The van der Waals surface area contributed by atoms with Crippen LogP contribution < -0.4 is 10.2 Å². The Balaban J connectivity index is 1.40. The molecule has 0 unspecified atom stereocenters. The summed E-state index contributed by atoms with van der Waals surface area (Å²) in [5.41, 5.74) is 2.46. The summed E-state index contributed by atoms with van der Waals surface area (Å²) in [6.45, 7) is 3.24. The minimum atomic E-state index is -0.0483. The van der Waals surface area contributed by atoms with Crippen LogP contribution in [0.3, 0.4) is 0 Å². The highest BCUT2D eigenvalue weighted by molar-refractivity contribution is 5.86. The van der Waals surface area contributed by atoms with Gasteiger partial charge in [-0.15, -0.1) is 5.10 Å². The Morgan fingerprint density at radius 3 is 2.76 bits per heavy atom. The molecule has 1 saturated heterocycles. The molecule has 8 nitrogen and oxygen atoms in total. The fraction of sp³-hybridized carbons (Fsp3) is 0.353. The van der Waals surface area contributed by atoms with Crippen LogP contribution >= 0.6 is 0 Å². The molecule has 3 aromatic rings. The van der Waals surface area contributed by atoms with Crippen LogP contribution in [0.4, 0.5) is 5.82 Å². The van der Waals surface area contributed by atoms with E-state index in [1.165, 1.54) is 6.33 Å². The van der Waals surface area contributed by atoms with Gasteiger partial charge in [0.05, 0.1) is 12.0 Å². The smallest absolute Gasteiger partial charge is 0.227 e. The number of anilines is 1. The molecule has 0 aliphatic carbocycles. The summed E-state index contributed by atoms with van der Waals surface area (Å²) in [6, 6.07) is 9.95. The summed E-state index contributed by atoms with van der Waals surface area (Å²) in [5, 5.41) is 11.2. The lowest BCUT2D eigenvalue weighted by Crippen LogP contribution is -2.54. The van der Waals surface area contributed by atoms with Gasteiger partial charge < -0.3 is 10.2 Å². The van der Waals surface area contributed by atoms with Crippen molar-refractivity contribution in [2.24, 2.45) is 13.0 Å². The molecule has 3 heterocycles. The van der Waals surface area contributed by atoms with Crippen molar-refractivity contribution in [2.45, 2.75) is 13.0 Å². The van der Waals surface area contributed by atoms with Crippen molar-refractivity contribution in [1.82, 2.24) is 30.3 Å². The third kappa shape index (κ3) is 2.79. The van der Waals surface area contributed by atoms with E-state index in [-0.39, 0.29) is 17.9 Å². The van der Waals surface area contributed by atoms with Crippen LogP contribution in [0.2, 0.25) is 0 Å². The summed E-state index contributed by atoms with van der Waals surface area (Å²) in [6.07, 6.45) is 1.51. The van der Waals surface area contributed by atoms with Crippen molar-refractivity contribution in [3.63, 3.8) is 0 Å². The van der Waals surface area contributed by atoms with Crippen molar-refractivity contribution in [1.29, 1.82) is 0 Å². The van der Waals surface area contributed by atoms with E-state index in [1.54, 1.807) is 11.7 Å². The Labute approximate surface area is 144 Å². The number of hydrogen-bond donors (Lipinski definition) is 1. The number of aryl methyl sites for hydroxylation is 1. The van der Waals surface area contributed by atoms with Crippen molar-refractivity contribution in [3.8, 4) is 0 Å². The Bertz CT molecular complexity index is 902. The van der Waals surface area contributed by atoms with Gasteiger partial charge in [-0.3, -0.25) is 4.79 Å². The Morgan fingerprint density at radius 2 is 2.00 bits per heavy atom. The molecule has 128 valence electrons. The van der Waals surface area contributed by atoms with Gasteiger partial charge in [-0.1, -0.05) is 35.5 Å². The van der Waals surface area contributed by atoms with Crippen LogP contribution in [0.25, 0.3) is 11.2 Å². The molecule has 1 N–H and O–H groups in total. The largest absolute Gasteiger partial charge is 0.353 e. The zero-order valence-corrected chi connectivity index (χ0v) is 14.1. The number of amides is 1. The Kier molecular flexibility index (Phi) is 3.79. The Hall–Kier alpha value is -3.03. The number of nitrogens with zero attached hydrogens (tertiary/aromatic N) is 6. The second-order valence-corrected chi connectivity index (χ2v) is 6.33. The van der Waals surface area contributed by atoms with Crippen molar-refractivity contribution in [3.05, 3.63) is 42.2 Å². The predicted molar refractivity (Wildman–Crippen MR) is 92.8 cm³/mol. The van der Waals surface area contributed by atoms with Crippen LogP contribution in [-0.4, -0.2) is 44.0 Å². The van der Waals surface area contributed by atoms with E-state index in [0.29, 0.717) is 24.3 Å². The van der Waals surface area contributed by atoms with E-state index in [1.807, 2.05) is 42.2 Å². The molecule has 25 heavy (non-hydrogen) atoms.